The van der Waals surface area contributed by atoms with Gasteiger partial charge in [0.15, 0.2) is 17.2 Å². The number of thioether (sulfide) groups is 1. The van der Waals surface area contributed by atoms with E-state index in [4.69, 9.17) is 10.5 Å². The van der Waals surface area contributed by atoms with Crippen LogP contribution in [0.1, 0.15) is 28.8 Å². The minimum Gasteiger partial charge on any atom is -0.434 e. The van der Waals surface area contributed by atoms with Crippen LogP contribution in [0.3, 0.4) is 0 Å². The first-order valence-electron chi connectivity index (χ1n) is 11.5. The number of para-hydroxylation sites is 1. The number of aromatic nitrogens is 3. The molecule has 0 bridgehead atoms. The number of ether oxygens (including phenoxy) is 1. The Morgan fingerprint density at radius 3 is 2.77 bits per heavy atom. The molecule has 35 heavy (non-hydrogen) atoms. The zero-order chi connectivity index (χ0) is 24.4. The Balaban J connectivity index is 1.55. The van der Waals surface area contributed by atoms with Gasteiger partial charge in [-0.25, -0.2) is 13.9 Å². The summed E-state index contributed by atoms with van der Waals surface area (Å²) in [7, 11) is 0. The SMILES string of the molecule is Cc1cc(-c2cnc3c(NCC4CCSCC4)cc(Oc4ccccc4F)nn23)ccc1C(N)=O. The van der Waals surface area contributed by atoms with Crippen LogP contribution in [-0.4, -0.2) is 38.6 Å². The van der Waals surface area contributed by atoms with Gasteiger partial charge in [0, 0.05) is 23.7 Å². The summed E-state index contributed by atoms with van der Waals surface area (Å²) in [5, 5.41) is 8.15. The second-order valence-electron chi connectivity index (χ2n) is 8.64. The van der Waals surface area contributed by atoms with E-state index in [0.29, 0.717) is 17.1 Å². The average molecular weight is 492 g/mol. The first-order valence-corrected chi connectivity index (χ1v) is 12.7. The molecule has 1 aliphatic heterocycles. The molecule has 2 aromatic heterocycles. The van der Waals surface area contributed by atoms with Gasteiger partial charge < -0.3 is 15.8 Å². The standard InChI is InChI=1S/C26H26FN5O2S/c1-16-12-18(6-7-19(16)25(28)33)22-15-30-26-21(29-14-17-8-10-35-11-9-17)13-24(31-32(22)26)34-23-5-3-2-4-20(23)27/h2-7,12-13,15,17,29H,8-11,14H2,1H3,(H2,28,33). The molecule has 2 aromatic carbocycles. The minimum atomic E-state index is -0.474. The zero-order valence-corrected chi connectivity index (χ0v) is 20.1. The van der Waals surface area contributed by atoms with E-state index < -0.39 is 11.7 Å². The highest BCUT2D eigenvalue weighted by molar-refractivity contribution is 7.99. The summed E-state index contributed by atoms with van der Waals surface area (Å²) in [6.45, 7) is 2.65. The van der Waals surface area contributed by atoms with Gasteiger partial charge in [-0.15, -0.1) is 5.10 Å². The summed E-state index contributed by atoms with van der Waals surface area (Å²) < 4.78 is 21.8. The molecule has 3 heterocycles. The van der Waals surface area contributed by atoms with Crippen molar-refractivity contribution in [1.82, 2.24) is 14.6 Å². The van der Waals surface area contributed by atoms with Gasteiger partial charge in [0.1, 0.15) is 0 Å². The molecule has 3 N–H and O–H groups in total. The van der Waals surface area contributed by atoms with Gasteiger partial charge in [-0.1, -0.05) is 18.2 Å². The van der Waals surface area contributed by atoms with Crippen LogP contribution in [0.25, 0.3) is 16.9 Å². The fraction of sp³-hybridized carbons (Fsp3) is 0.269. The van der Waals surface area contributed by atoms with Crippen molar-refractivity contribution in [1.29, 1.82) is 0 Å². The number of rotatable bonds is 7. The number of fused-ring (bicyclic) bond motifs is 1. The van der Waals surface area contributed by atoms with Gasteiger partial charge in [0.25, 0.3) is 0 Å². The normalized spacial score (nSPS) is 14.2. The summed E-state index contributed by atoms with van der Waals surface area (Å²) in [5.74, 6) is 2.33. The third-order valence-electron chi connectivity index (χ3n) is 6.21. The summed E-state index contributed by atoms with van der Waals surface area (Å²) in [6, 6.07) is 13.4. The van der Waals surface area contributed by atoms with Crippen molar-refractivity contribution in [2.24, 2.45) is 11.7 Å². The number of nitrogens with zero attached hydrogens (tertiary/aromatic N) is 3. The molecule has 1 aliphatic rings. The Morgan fingerprint density at radius 1 is 1.23 bits per heavy atom. The number of amides is 1. The monoisotopic (exact) mass is 491 g/mol. The second-order valence-corrected chi connectivity index (χ2v) is 9.86. The van der Waals surface area contributed by atoms with E-state index in [-0.39, 0.29) is 11.6 Å². The van der Waals surface area contributed by atoms with E-state index in [2.05, 4.69) is 15.4 Å². The van der Waals surface area contributed by atoms with E-state index in [0.717, 1.165) is 29.1 Å². The van der Waals surface area contributed by atoms with Crippen LogP contribution in [0.5, 0.6) is 11.6 Å². The van der Waals surface area contributed by atoms with E-state index in [9.17, 15) is 9.18 Å². The van der Waals surface area contributed by atoms with Crippen molar-refractivity contribution >= 4 is 29.0 Å². The lowest BCUT2D eigenvalue weighted by molar-refractivity contribution is 0.0999. The van der Waals surface area contributed by atoms with Crippen molar-refractivity contribution in [3.05, 3.63) is 71.7 Å². The lowest BCUT2D eigenvalue weighted by atomic mass is 10.0. The van der Waals surface area contributed by atoms with E-state index >= 15 is 0 Å². The minimum absolute atomic E-state index is 0.0953. The van der Waals surface area contributed by atoms with Crippen LogP contribution in [0.4, 0.5) is 10.1 Å². The van der Waals surface area contributed by atoms with Crippen molar-refractivity contribution in [3.8, 4) is 22.9 Å². The molecular formula is C26H26FN5O2S. The topological polar surface area (TPSA) is 94.5 Å². The molecule has 0 aliphatic carbocycles. The Labute approximate surface area is 206 Å². The number of nitrogens with one attached hydrogen (secondary N) is 1. The van der Waals surface area contributed by atoms with E-state index in [1.54, 1.807) is 41.0 Å². The number of imidazole rings is 1. The summed E-state index contributed by atoms with van der Waals surface area (Å²) in [4.78, 5) is 16.3. The molecule has 9 heteroatoms. The molecule has 0 radical (unpaired) electrons. The molecule has 1 fully saturated rings. The van der Waals surface area contributed by atoms with Crippen molar-refractivity contribution in [2.75, 3.05) is 23.4 Å². The fourth-order valence-electron chi connectivity index (χ4n) is 4.27. The van der Waals surface area contributed by atoms with Crippen LogP contribution in [-0.2, 0) is 0 Å². The third-order valence-corrected chi connectivity index (χ3v) is 7.25. The molecule has 1 saturated heterocycles. The number of carbonyl (C=O) groups excluding carboxylic acids is 1. The van der Waals surface area contributed by atoms with Crippen LogP contribution in [0, 0.1) is 18.7 Å². The van der Waals surface area contributed by atoms with Crippen LogP contribution < -0.4 is 15.8 Å². The molecule has 1 amide bonds. The molecule has 0 atom stereocenters. The predicted molar refractivity (Wildman–Crippen MR) is 137 cm³/mol. The number of hydrogen-bond donors (Lipinski definition) is 2. The highest BCUT2D eigenvalue weighted by Crippen LogP contribution is 2.31. The predicted octanol–water partition coefficient (Wildman–Crippen LogP) is 5.29. The van der Waals surface area contributed by atoms with Crippen LogP contribution >= 0.6 is 11.8 Å². The van der Waals surface area contributed by atoms with Gasteiger partial charge in [-0.05, 0) is 67.0 Å². The quantitative estimate of drug-likeness (QED) is 0.365. The average Bonchev–Trinajstić information content (AvgIpc) is 3.28. The number of hydrogen-bond acceptors (Lipinski definition) is 6. The van der Waals surface area contributed by atoms with Crippen molar-refractivity contribution in [3.63, 3.8) is 0 Å². The fourth-order valence-corrected chi connectivity index (χ4v) is 5.47. The van der Waals surface area contributed by atoms with Crippen molar-refractivity contribution < 1.29 is 13.9 Å². The number of nitrogens with two attached hydrogens (primary N) is 1. The number of primary amides is 1. The maximum absolute atomic E-state index is 14.3. The number of benzene rings is 2. The van der Waals surface area contributed by atoms with Gasteiger partial charge in [-0.3, -0.25) is 4.79 Å². The summed E-state index contributed by atoms with van der Waals surface area (Å²) in [5.41, 5.74) is 9.64. The lowest BCUT2D eigenvalue weighted by Crippen LogP contribution is -2.19. The zero-order valence-electron chi connectivity index (χ0n) is 19.3. The molecule has 4 aromatic rings. The summed E-state index contributed by atoms with van der Waals surface area (Å²) >= 11 is 1.99. The highest BCUT2D eigenvalue weighted by Gasteiger charge is 2.18. The number of anilines is 1. The molecule has 180 valence electrons. The number of aryl methyl sites for hydroxylation is 1. The van der Waals surface area contributed by atoms with Crippen LogP contribution in [0.2, 0.25) is 0 Å². The summed E-state index contributed by atoms with van der Waals surface area (Å²) in [6.07, 6.45) is 4.07. The Hall–Kier alpha value is -3.59. The smallest absolute Gasteiger partial charge is 0.248 e. The van der Waals surface area contributed by atoms with Gasteiger partial charge >= 0.3 is 0 Å². The molecule has 7 nitrogen and oxygen atoms in total. The van der Waals surface area contributed by atoms with Crippen molar-refractivity contribution in [2.45, 2.75) is 19.8 Å². The maximum atomic E-state index is 14.3. The lowest BCUT2D eigenvalue weighted by Gasteiger charge is -2.22. The molecule has 0 saturated carbocycles. The Kier molecular flexibility index (Phi) is 6.59. The van der Waals surface area contributed by atoms with E-state index in [1.807, 2.05) is 30.8 Å². The third kappa shape index (κ3) is 4.95. The molecule has 0 unspecified atom stereocenters. The van der Waals surface area contributed by atoms with Crippen LogP contribution in [0.15, 0.2) is 54.7 Å². The second kappa shape index (κ2) is 9.95. The number of halogens is 1. The number of carbonyl (C=O) groups is 1. The largest absolute Gasteiger partial charge is 0.434 e. The first-order chi connectivity index (χ1) is 17.0. The van der Waals surface area contributed by atoms with Gasteiger partial charge in [-0.2, -0.15) is 11.8 Å². The van der Waals surface area contributed by atoms with Gasteiger partial charge in [0.05, 0.1) is 17.6 Å². The molecule has 5 rings (SSSR count). The van der Waals surface area contributed by atoms with E-state index in [1.165, 1.54) is 30.4 Å². The first kappa shape index (κ1) is 23.2. The molecule has 0 spiro atoms. The Bertz CT molecular complexity index is 1380. The maximum Gasteiger partial charge on any atom is 0.248 e. The Morgan fingerprint density at radius 2 is 2.03 bits per heavy atom. The highest BCUT2D eigenvalue weighted by atomic mass is 32.2. The molecular weight excluding hydrogens is 465 g/mol. The van der Waals surface area contributed by atoms with Gasteiger partial charge in [0.2, 0.25) is 11.8 Å².